The number of aromatic nitrogens is 1. The first-order chi connectivity index (χ1) is 11.7. The van der Waals surface area contributed by atoms with Gasteiger partial charge in [0.2, 0.25) is 0 Å². The number of carbonyl (C=O) groups excluding carboxylic acids is 1. The van der Waals surface area contributed by atoms with Crippen molar-refractivity contribution in [2.45, 2.75) is 13.2 Å². The molecule has 0 radical (unpaired) electrons. The molecule has 0 saturated heterocycles. The quantitative estimate of drug-likeness (QED) is 0.645. The van der Waals surface area contributed by atoms with Crippen LogP contribution in [0, 0.1) is 0 Å². The van der Waals surface area contributed by atoms with E-state index >= 15 is 0 Å². The first-order valence-electron chi connectivity index (χ1n) is 7.36. The topological polar surface area (TPSA) is 51.2 Å². The molecule has 4 nitrogen and oxygen atoms in total. The molecule has 0 aliphatic rings. The molecular formula is C18H15ClN2O2S. The average Bonchev–Trinajstić information content (AvgIpc) is 3.04. The Bertz CT molecular complexity index is 821. The molecule has 1 aromatic heterocycles. The van der Waals surface area contributed by atoms with Gasteiger partial charge in [0.05, 0.1) is 12.1 Å². The zero-order valence-corrected chi connectivity index (χ0v) is 14.3. The number of carbonyl (C=O) groups is 1. The van der Waals surface area contributed by atoms with E-state index in [1.807, 2.05) is 48.5 Å². The van der Waals surface area contributed by atoms with Gasteiger partial charge in [-0.2, -0.15) is 0 Å². The minimum absolute atomic E-state index is 0.248. The number of thiazole rings is 1. The van der Waals surface area contributed by atoms with E-state index in [0.717, 1.165) is 16.1 Å². The second-order valence-electron chi connectivity index (χ2n) is 5.04. The van der Waals surface area contributed by atoms with Crippen molar-refractivity contribution in [1.82, 2.24) is 4.98 Å². The summed E-state index contributed by atoms with van der Waals surface area (Å²) in [4.78, 5) is 17.4. The van der Waals surface area contributed by atoms with Crippen molar-refractivity contribution in [3.8, 4) is 0 Å². The largest absolute Gasteiger partial charge is 0.457 e. The monoisotopic (exact) mass is 358 g/mol. The molecule has 0 amide bonds. The summed E-state index contributed by atoms with van der Waals surface area (Å²) in [6.45, 7) is 0.797. The van der Waals surface area contributed by atoms with Crippen molar-refractivity contribution in [2.24, 2.45) is 0 Å². The Labute approximate surface area is 149 Å². The van der Waals surface area contributed by atoms with Gasteiger partial charge in [-0.3, -0.25) is 0 Å². The van der Waals surface area contributed by atoms with Crippen LogP contribution in [-0.2, 0) is 17.9 Å². The number of benzene rings is 2. The van der Waals surface area contributed by atoms with Crippen molar-refractivity contribution in [3.05, 3.63) is 81.3 Å². The summed E-state index contributed by atoms with van der Waals surface area (Å²) in [5.74, 6) is -0.357. The van der Waals surface area contributed by atoms with E-state index in [0.29, 0.717) is 16.6 Å². The summed E-state index contributed by atoms with van der Waals surface area (Å²) in [6.07, 6.45) is 1.72. The predicted octanol–water partition coefficient (Wildman–Crippen LogP) is 4.77. The highest BCUT2D eigenvalue weighted by molar-refractivity contribution is 7.15. The maximum absolute atomic E-state index is 12.4. The number of para-hydroxylation sites is 1. The zero-order chi connectivity index (χ0) is 16.8. The number of esters is 1. The fraction of sp³-hybridized carbons (Fsp3) is 0.111. The number of anilines is 1. The van der Waals surface area contributed by atoms with Gasteiger partial charge in [-0.05, 0) is 17.7 Å². The second kappa shape index (κ2) is 7.95. The lowest BCUT2D eigenvalue weighted by Gasteiger charge is -2.11. The molecule has 0 saturated carbocycles. The van der Waals surface area contributed by atoms with E-state index in [9.17, 15) is 4.79 Å². The number of nitrogens with zero attached hydrogens (tertiary/aromatic N) is 1. The third-order valence-electron chi connectivity index (χ3n) is 3.34. The Hall–Kier alpha value is -2.37. The summed E-state index contributed by atoms with van der Waals surface area (Å²) < 4.78 is 5.90. The second-order valence-corrected chi connectivity index (χ2v) is 6.74. The van der Waals surface area contributed by atoms with E-state index in [2.05, 4.69) is 10.3 Å². The van der Waals surface area contributed by atoms with Gasteiger partial charge < -0.3 is 10.1 Å². The minimum Gasteiger partial charge on any atom is -0.457 e. The summed E-state index contributed by atoms with van der Waals surface area (Å²) >= 11 is 7.23. The number of rotatable bonds is 6. The van der Waals surface area contributed by atoms with Crippen LogP contribution in [0.1, 0.15) is 20.8 Å². The Balaban J connectivity index is 1.65. The molecule has 24 heavy (non-hydrogen) atoms. The first kappa shape index (κ1) is 16.5. The summed E-state index contributed by atoms with van der Waals surface area (Å²) in [5.41, 5.74) is 2.18. The third-order valence-corrected chi connectivity index (χ3v) is 4.45. The van der Waals surface area contributed by atoms with Crippen LogP contribution in [-0.4, -0.2) is 11.0 Å². The molecular weight excluding hydrogens is 344 g/mol. The van der Waals surface area contributed by atoms with Gasteiger partial charge in [-0.15, -0.1) is 11.3 Å². The van der Waals surface area contributed by atoms with Crippen LogP contribution in [0.3, 0.4) is 0 Å². The number of ether oxygens (including phenoxy) is 1. The predicted molar refractivity (Wildman–Crippen MR) is 96.5 cm³/mol. The molecule has 2 aromatic carbocycles. The molecule has 0 unspecified atom stereocenters. The van der Waals surface area contributed by atoms with E-state index < -0.39 is 0 Å². The van der Waals surface area contributed by atoms with E-state index in [1.54, 1.807) is 12.3 Å². The highest BCUT2D eigenvalue weighted by Gasteiger charge is 2.12. The van der Waals surface area contributed by atoms with Crippen LogP contribution < -0.4 is 5.32 Å². The zero-order valence-electron chi connectivity index (χ0n) is 12.7. The van der Waals surface area contributed by atoms with E-state index in [1.165, 1.54) is 11.3 Å². The maximum Gasteiger partial charge on any atom is 0.340 e. The number of hydrogen-bond acceptors (Lipinski definition) is 5. The number of nitrogens with one attached hydrogen (secondary N) is 1. The molecule has 0 aliphatic carbocycles. The van der Waals surface area contributed by atoms with Gasteiger partial charge in [0, 0.05) is 16.8 Å². The average molecular weight is 359 g/mol. The van der Waals surface area contributed by atoms with Crippen molar-refractivity contribution >= 4 is 34.6 Å². The van der Waals surface area contributed by atoms with Crippen molar-refractivity contribution < 1.29 is 9.53 Å². The standard InChI is InChI=1S/C18H15ClN2O2S/c19-18-21-11-14(24-18)10-20-16-9-5-4-8-15(16)17(22)23-12-13-6-2-1-3-7-13/h1-9,11,20H,10,12H2. The summed E-state index contributed by atoms with van der Waals surface area (Å²) in [5, 5.41) is 3.23. The van der Waals surface area contributed by atoms with Crippen molar-refractivity contribution in [2.75, 3.05) is 5.32 Å². The number of hydrogen-bond donors (Lipinski definition) is 1. The molecule has 0 atom stereocenters. The van der Waals surface area contributed by atoms with Crippen LogP contribution in [0.15, 0.2) is 60.8 Å². The lowest BCUT2D eigenvalue weighted by atomic mass is 10.1. The highest BCUT2D eigenvalue weighted by Crippen LogP contribution is 2.21. The Kier molecular flexibility index (Phi) is 5.46. The molecule has 1 heterocycles. The normalized spacial score (nSPS) is 10.4. The summed E-state index contributed by atoms with van der Waals surface area (Å²) in [6, 6.07) is 16.9. The van der Waals surface area contributed by atoms with Crippen molar-refractivity contribution in [1.29, 1.82) is 0 Å². The van der Waals surface area contributed by atoms with Gasteiger partial charge in [-0.25, -0.2) is 9.78 Å². The lowest BCUT2D eigenvalue weighted by molar-refractivity contribution is 0.0474. The highest BCUT2D eigenvalue weighted by atomic mass is 35.5. The van der Waals surface area contributed by atoms with Gasteiger partial charge in [0.25, 0.3) is 0 Å². The molecule has 3 aromatic rings. The first-order valence-corrected chi connectivity index (χ1v) is 8.56. The molecule has 1 N–H and O–H groups in total. The third kappa shape index (κ3) is 4.34. The molecule has 0 aliphatic heterocycles. The van der Waals surface area contributed by atoms with Crippen LogP contribution in [0.25, 0.3) is 0 Å². The van der Waals surface area contributed by atoms with Crippen LogP contribution in [0.5, 0.6) is 0 Å². The van der Waals surface area contributed by atoms with Crippen LogP contribution in [0.4, 0.5) is 5.69 Å². The van der Waals surface area contributed by atoms with E-state index in [-0.39, 0.29) is 12.6 Å². The SMILES string of the molecule is O=C(OCc1ccccc1)c1ccccc1NCc1cnc(Cl)s1. The van der Waals surface area contributed by atoms with Gasteiger partial charge in [-0.1, -0.05) is 54.1 Å². The molecule has 122 valence electrons. The summed E-state index contributed by atoms with van der Waals surface area (Å²) in [7, 11) is 0. The smallest absolute Gasteiger partial charge is 0.340 e. The fourth-order valence-electron chi connectivity index (χ4n) is 2.16. The van der Waals surface area contributed by atoms with Gasteiger partial charge >= 0.3 is 5.97 Å². The van der Waals surface area contributed by atoms with E-state index in [4.69, 9.17) is 16.3 Å². The fourth-order valence-corrected chi connectivity index (χ4v) is 3.08. The van der Waals surface area contributed by atoms with Crippen LogP contribution >= 0.6 is 22.9 Å². The molecule has 6 heteroatoms. The lowest BCUT2D eigenvalue weighted by Crippen LogP contribution is -2.09. The Morgan fingerprint density at radius 1 is 1.12 bits per heavy atom. The molecule has 0 fully saturated rings. The molecule has 3 rings (SSSR count). The Morgan fingerprint density at radius 3 is 2.62 bits per heavy atom. The van der Waals surface area contributed by atoms with Gasteiger partial charge in [0.15, 0.2) is 4.47 Å². The Morgan fingerprint density at radius 2 is 1.88 bits per heavy atom. The molecule has 0 spiro atoms. The van der Waals surface area contributed by atoms with Crippen molar-refractivity contribution in [3.63, 3.8) is 0 Å². The van der Waals surface area contributed by atoms with Gasteiger partial charge in [0.1, 0.15) is 6.61 Å². The number of halogens is 1. The minimum atomic E-state index is -0.357. The van der Waals surface area contributed by atoms with Crippen LogP contribution in [0.2, 0.25) is 4.47 Å². The maximum atomic E-state index is 12.4. The molecule has 0 bridgehead atoms.